The van der Waals surface area contributed by atoms with Crippen molar-refractivity contribution < 1.29 is 23.8 Å². The monoisotopic (exact) mass is 356 g/mol. The topological polar surface area (TPSA) is 78.9 Å². The van der Waals surface area contributed by atoms with Crippen LogP contribution in [0.5, 0.6) is 5.75 Å². The van der Waals surface area contributed by atoms with Gasteiger partial charge in [-0.3, -0.25) is 14.5 Å². The van der Waals surface area contributed by atoms with Gasteiger partial charge in [-0.15, -0.1) is 0 Å². The number of amides is 2. The molecule has 2 N–H and O–H groups in total. The third-order valence-corrected chi connectivity index (χ3v) is 4.16. The van der Waals surface area contributed by atoms with Crippen molar-refractivity contribution in [3.63, 3.8) is 0 Å². The zero-order valence-electron chi connectivity index (χ0n) is 14.2. The summed E-state index contributed by atoms with van der Waals surface area (Å²) in [6.07, 6.45) is -0.326. The molecule has 0 spiro atoms. The first-order chi connectivity index (χ1) is 12.5. The van der Waals surface area contributed by atoms with Gasteiger partial charge in [0, 0.05) is 18.7 Å². The first-order valence-electron chi connectivity index (χ1n) is 7.88. The number of hydrogen-bond acceptors (Lipinski definition) is 4. The highest BCUT2D eigenvalue weighted by Gasteiger charge is 2.31. The molecule has 0 fully saturated rings. The summed E-state index contributed by atoms with van der Waals surface area (Å²) in [5, 5.41) is 13.0. The van der Waals surface area contributed by atoms with E-state index < -0.39 is 17.6 Å². The van der Waals surface area contributed by atoms with E-state index in [0.29, 0.717) is 11.3 Å². The second-order valence-electron chi connectivity index (χ2n) is 5.65. The van der Waals surface area contributed by atoms with Crippen LogP contribution in [-0.4, -0.2) is 31.1 Å². The van der Waals surface area contributed by atoms with Crippen LogP contribution < -0.4 is 15.0 Å². The van der Waals surface area contributed by atoms with Crippen molar-refractivity contribution in [2.75, 3.05) is 19.1 Å². The summed E-state index contributed by atoms with van der Waals surface area (Å²) in [5.41, 5.74) is 0.903. The second-order valence-corrected chi connectivity index (χ2v) is 5.65. The van der Waals surface area contributed by atoms with Crippen molar-refractivity contribution in [1.29, 1.82) is 0 Å². The largest absolute Gasteiger partial charge is 0.507 e. The summed E-state index contributed by atoms with van der Waals surface area (Å²) >= 11 is 0. The fourth-order valence-electron chi connectivity index (χ4n) is 2.90. The van der Waals surface area contributed by atoms with E-state index in [4.69, 9.17) is 4.74 Å². The Morgan fingerprint density at radius 2 is 2.00 bits per heavy atom. The van der Waals surface area contributed by atoms with E-state index in [1.54, 1.807) is 30.3 Å². The second kappa shape index (κ2) is 6.87. The molecule has 7 heteroatoms. The number of carbonyl (C=O) groups is 2. The highest BCUT2D eigenvalue weighted by Crippen LogP contribution is 2.38. The van der Waals surface area contributed by atoms with Crippen LogP contribution >= 0.6 is 0 Å². The summed E-state index contributed by atoms with van der Waals surface area (Å²) in [6.45, 7) is 0. The maximum Gasteiger partial charge on any atom is 0.251 e. The standard InChI is InChI=1S/C19H17FN2O4/c1-21-19(25)13-10-17(23)22(11-7-8-16(26-2)14(20)9-11)15-6-4-3-5-12(15)18(13)24/h3-9,24H,10H2,1-2H3,(H,21,25). The number of anilines is 2. The van der Waals surface area contributed by atoms with Gasteiger partial charge in [0.05, 0.1) is 30.5 Å². The quantitative estimate of drug-likeness (QED) is 0.886. The Kier molecular flexibility index (Phi) is 4.62. The number of nitrogens with zero attached hydrogens (tertiary/aromatic N) is 1. The molecular weight excluding hydrogens is 339 g/mol. The number of carbonyl (C=O) groups excluding carboxylic acids is 2. The molecule has 0 saturated heterocycles. The van der Waals surface area contributed by atoms with Gasteiger partial charge in [0.1, 0.15) is 5.76 Å². The van der Waals surface area contributed by atoms with Gasteiger partial charge in [-0.1, -0.05) is 12.1 Å². The average molecular weight is 356 g/mol. The molecule has 134 valence electrons. The predicted molar refractivity (Wildman–Crippen MR) is 94.8 cm³/mol. The Bertz CT molecular complexity index is 924. The van der Waals surface area contributed by atoms with Gasteiger partial charge >= 0.3 is 0 Å². The van der Waals surface area contributed by atoms with E-state index in [1.165, 1.54) is 31.2 Å². The van der Waals surface area contributed by atoms with Gasteiger partial charge in [-0.2, -0.15) is 0 Å². The minimum absolute atomic E-state index is 0.0403. The summed E-state index contributed by atoms with van der Waals surface area (Å²) in [7, 11) is 2.77. The number of methoxy groups -OCH3 is 1. The zero-order valence-corrected chi connectivity index (χ0v) is 14.2. The molecule has 2 aromatic rings. The Hall–Kier alpha value is -3.35. The Balaban J connectivity index is 2.18. The van der Waals surface area contributed by atoms with Crippen molar-refractivity contribution in [1.82, 2.24) is 5.32 Å². The summed E-state index contributed by atoms with van der Waals surface area (Å²) < 4.78 is 19.1. The van der Waals surface area contributed by atoms with Crippen LogP contribution in [0.2, 0.25) is 0 Å². The maximum atomic E-state index is 14.2. The number of rotatable bonds is 3. The predicted octanol–water partition coefficient (Wildman–Crippen LogP) is 2.92. The van der Waals surface area contributed by atoms with E-state index >= 15 is 0 Å². The summed E-state index contributed by atoms with van der Waals surface area (Å²) in [4.78, 5) is 26.2. The van der Waals surface area contributed by atoms with Crippen LogP contribution in [0.3, 0.4) is 0 Å². The van der Waals surface area contributed by atoms with Gasteiger partial charge < -0.3 is 15.2 Å². The third-order valence-electron chi connectivity index (χ3n) is 4.16. The molecule has 0 unspecified atom stereocenters. The van der Waals surface area contributed by atoms with Gasteiger partial charge in [0.15, 0.2) is 11.6 Å². The minimum atomic E-state index is -0.622. The molecule has 0 bridgehead atoms. The Labute approximate surface area is 149 Å². The highest BCUT2D eigenvalue weighted by atomic mass is 19.1. The van der Waals surface area contributed by atoms with Crippen LogP contribution in [-0.2, 0) is 9.59 Å². The first-order valence-corrected chi connectivity index (χ1v) is 7.88. The molecule has 1 aliphatic rings. The first kappa shape index (κ1) is 17.5. The summed E-state index contributed by atoms with van der Waals surface area (Å²) in [5.74, 6) is -1.86. The molecule has 1 aliphatic heterocycles. The van der Waals surface area contributed by atoms with Crippen molar-refractivity contribution in [3.8, 4) is 5.75 Å². The Morgan fingerprint density at radius 3 is 2.65 bits per heavy atom. The average Bonchev–Trinajstić information content (AvgIpc) is 2.76. The molecular formula is C19H17FN2O4. The van der Waals surface area contributed by atoms with Gasteiger partial charge in [0.25, 0.3) is 5.91 Å². The number of ether oxygens (including phenoxy) is 1. The van der Waals surface area contributed by atoms with E-state index in [9.17, 15) is 19.1 Å². The molecule has 0 radical (unpaired) electrons. The lowest BCUT2D eigenvalue weighted by Gasteiger charge is -2.23. The Morgan fingerprint density at radius 1 is 1.27 bits per heavy atom. The lowest BCUT2D eigenvalue weighted by Crippen LogP contribution is -2.28. The van der Waals surface area contributed by atoms with Crippen LogP contribution in [0, 0.1) is 5.82 Å². The number of nitrogens with one attached hydrogen (secondary N) is 1. The lowest BCUT2D eigenvalue weighted by atomic mass is 10.1. The molecule has 2 aromatic carbocycles. The fourth-order valence-corrected chi connectivity index (χ4v) is 2.90. The normalized spacial score (nSPS) is 14.0. The zero-order chi connectivity index (χ0) is 18.8. The number of likely N-dealkylation sites (N-methyl/N-ethyl adjacent to an activating group) is 1. The lowest BCUT2D eigenvalue weighted by molar-refractivity contribution is -0.121. The van der Waals surface area contributed by atoms with Crippen LogP contribution in [0.4, 0.5) is 15.8 Å². The number of aliphatic hydroxyl groups is 1. The molecule has 3 rings (SSSR count). The molecule has 2 amide bonds. The minimum Gasteiger partial charge on any atom is -0.507 e. The molecule has 0 aromatic heterocycles. The van der Waals surface area contributed by atoms with Crippen molar-refractivity contribution in [2.45, 2.75) is 6.42 Å². The van der Waals surface area contributed by atoms with E-state index in [2.05, 4.69) is 5.32 Å². The molecule has 0 aliphatic carbocycles. The van der Waals surface area contributed by atoms with Crippen LogP contribution in [0.15, 0.2) is 48.0 Å². The van der Waals surface area contributed by atoms with E-state index in [-0.39, 0.29) is 29.2 Å². The van der Waals surface area contributed by atoms with Gasteiger partial charge in [-0.05, 0) is 24.3 Å². The fraction of sp³-hybridized carbons (Fsp3) is 0.158. The molecule has 0 atom stereocenters. The van der Waals surface area contributed by atoms with Crippen LogP contribution in [0.25, 0.3) is 5.76 Å². The molecule has 26 heavy (non-hydrogen) atoms. The number of halogens is 1. The summed E-state index contributed by atoms with van der Waals surface area (Å²) in [6, 6.07) is 10.7. The van der Waals surface area contributed by atoms with E-state index in [1.807, 2.05) is 0 Å². The van der Waals surface area contributed by atoms with Crippen molar-refractivity contribution in [2.24, 2.45) is 0 Å². The number of aliphatic hydroxyl groups excluding tert-OH is 1. The van der Waals surface area contributed by atoms with Crippen molar-refractivity contribution in [3.05, 3.63) is 59.4 Å². The number of para-hydroxylation sites is 1. The number of hydrogen-bond donors (Lipinski definition) is 2. The van der Waals surface area contributed by atoms with Crippen LogP contribution in [0.1, 0.15) is 12.0 Å². The highest BCUT2D eigenvalue weighted by molar-refractivity contribution is 6.13. The van der Waals surface area contributed by atoms with Gasteiger partial charge in [0.2, 0.25) is 5.91 Å². The van der Waals surface area contributed by atoms with Crippen molar-refractivity contribution >= 4 is 28.9 Å². The van der Waals surface area contributed by atoms with E-state index in [0.717, 1.165) is 0 Å². The SMILES string of the molecule is CNC(=O)C1=C(O)c2ccccc2N(c2ccc(OC)c(F)c2)C(=O)C1. The smallest absolute Gasteiger partial charge is 0.251 e. The van der Waals surface area contributed by atoms with Gasteiger partial charge in [-0.25, -0.2) is 4.39 Å². The number of fused-ring (bicyclic) bond motifs is 1. The number of benzene rings is 2. The molecule has 0 saturated carbocycles. The maximum absolute atomic E-state index is 14.2. The third kappa shape index (κ3) is 2.88. The molecule has 1 heterocycles. The molecule has 6 nitrogen and oxygen atoms in total.